The van der Waals surface area contributed by atoms with Gasteiger partial charge in [-0.2, -0.15) is 0 Å². The fourth-order valence-corrected chi connectivity index (χ4v) is 1.29. The standard InChI is InChI=1S/C11H16ClNO2/c1-11(7-14,8-15)13-6-9-2-4-10(12)5-3-9/h2-5,13-15H,6-8H2,1H3/p+1. The number of benzene rings is 1. The minimum absolute atomic E-state index is 0.0446. The third-order valence-electron chi connectivity index (χ3n) is 2.47. The minimum atomic E-state index is -0.514. The average molecular weight is 231 g/mol. The normalized spacial score (nSPS) is 11.7. The molecule has 3 nitrogen and oxygen atoms in total. The van der Waals surface area contributed by atoms with Gasteiger partial charge in [0.2, 0.25) is 0 Å². The summed E-state index contributed by atoms with van der Waals surface area (Å²) in [5, 5.41) is 20.8. The van der Waals surface area contributed by atoms with Gasteiger partial charge in [0.1, 0.15) is 12.1 Å². The lowest BCUT2D eigenvalue weighted by Gasteiger charge is -2.22. The van der Waals surface area contributed by atoms with Crippen molar-refractivity contribution in [2.45, 2.75) is 19.0 Å². The first-order valence-electron chi connectivity index (χ1n) is 4.90. The molecule has 0 spiro atoms. The molecule has 0 aliphatic heterocycles. The zero-order valence-corrected chi connectivity index (χ0v) is 9.54. The molecule has 1 aromatic rings. The topological polar surface area (TPSA) is 57.1 Å². The van der Waals surface area contributed by atoms with Crippen LogP contribution in [0.1, 0.15) is 12.5 Å². The molecule has 0 aliphatic rings. The predicted octanol–water partition coefficient (Wildman–Crippen LogP) is 0.147. The van der Waals surface area contributed by atoms with Gasteiger partial charge in [-0.3, -0.25) is 0 Å². The molecule has 15 heavy (non-hydrogen) atoms. The van der Waals surface area contributed by atoms with Crippen LogP contribution >= 0.6 is 11.6 Å². The SMILES string of the molecule is CC(CO)(CO)[NH2+]Cc1ccc(Cl)cc1. The van der Waals surface area contributed by atoms with Gasteiger partial charge in [-0.15, -0.1) is 0 Å². The lowest BCUT2D eigenvalue weighted by Crippen LogP contribution is -2.97. The molecule has 0 bridgehead atoms. The van der Waals surface area contributed by atoms with Crippen molar-refractivity contribution in [2.24, 2.45) is 0 Å². The Kier molecular flexibility index (Phi) is 4.54. The number of rotatable bonds is 5. The molecule has 84 valence electrons. The van der Waals surface area contributed by atoms with E-state index in [0.29, 0.717) is 5.02 Å². The molecule has 0 aromatic heterocycles. The van der Waals surface area contributed by atoms with Crippen molar-refractivity contribution >= 4 is 11.6 Å². The second-order valence-corrected chi connectivity index (χ2v) is 4.44. The Morgan fingerprint density at radius 2 is 1.73 bits per heavy atom. The summed E-state index contributed by atoms with van der Waals surface area (Å²) in [5.41, 5.74) is 0.604. The number of hydrogen-bond donors (Lipinski definition) is 3. The summed E-state index contributed by atoms with van der Waals surface area (Å²) in [4.78, 5) is 0. The van der Waals surface area contributed by atoms with E-state index in [4.69, 9.17) is 21.8 Å². The molecular formula is C11H17ClNO2+. The van der Waals surface area contributed by atoms with Crippen LogP contribution in [0, 0.1) is 0 Å². The highest BCUT2D eigenvalue weighted by molar-refractivity contribution is 6.30. The number of quaternary nitrogens is 1. The summed E-state index contributed by atoms with van der Waals surface area (Å²) in [6, 6.07) is 7.54. The summed E-state index contributed by atoms with van der Waals surface area (Å²) < 4.78 is 0. The first kappa shape index (κ1) is 12.5. The molecular weight excluding hydrogens is 214 g/mol. The van der Waals surface area contributed by atoms with Crippen molar-refractivity contribution in [3.05, 3.63) is 34.9 Å². The van der Waals surface area contributed by atoms with Crippen LogP contribution in [0.4, 0.5) is 0 Å². The highest BCUT2D eigenvalue weighted by atomic mass is 35.5. The highest BCUT2D eigenvalue weighted by Crippen LogP contribution is 2.08. The van der Waals surface area contributed by atoms with Crippen LogP contribution in [-0.4, -0.2) is 29.0 Å². The third kappa shape index (κ3) is 3.80. The van der Waals surface area contributed by atoms with Gasteiger partial charge in [-0.05, 0) is 19.1 Å². The van der Waals surface area contributed by atoms with Crippen LogP contribution in [-0.2, 0) is 6.54 Å². The largest absolute Gasteiger partial charge is 0.390 e. The fourth-order valence-electron chi connectivity index (χ4n) is 1.16. The number of halogens is 1. The van der Waals surface area contributed by atoms with Gasteiger partial charge in [0.15, 0.2) is 0 Å². The molecule has 0 fully saturated rings. The molecule has 4 N–H and O–H groups in total. The van der Waals surface area contributed by atoms with E-state index in [9.17, 15) is 0 Å². The van der Waals surface area contributed by atoms with Crippen molar-refractivity contribution in [3.8, 4) is 0 Å². The Hall–Kier alpha value is -0.610. The van der Waals surface area contributed by atoms with Gasteiger partial charge >= 0.3 is 0 Å². The van der Waals surface area contributed by atoms with Gasteiger partial charge in [0.05, 0.1) is 13.2 Å². The van der Waals surface area contributed by atoms with Gasteiger partial charge in [-0.25, -0.2) is 0 Å². The zero-order valence-electron chi connectivity index (χ0n) is 8.78. The van der Waals surface area contributed by atoms with E-state index >= 15 is 0 Å². The molecule has 0 atom stereocenters. The number of hydrogen-bond acceptors (Lipinski definition) is 2. The lowest BCUT2D eigenvalue weighted by molar-refractivity contribution is -0.741. The van der Waals surface area contributed by atoms with Crippen molar-refractivity contribution in [2.75, 3.05) is 13.2 Å². The van der Waals surface area contributed by atoms with Crippen LogP contribution in [0.5, 0.6) is 0 Å². The number of aliphatic hydroxyl groups is 2. The number of nitrogens with two attached hydrogens (primary N) is 1. The van der Waals surface area contributed by atoms with Crippen LogP contribution < -0.4 is 5.32 Å². The second kappa shape index (κ2) is 5.47. The van der Waals surface area contributed by atoms with E-state index in [1.807, 2.05) is 36.5 Å². The van der Waals surface area contributed by atoms with Crippen LogP contribution in [0.3, 0.4) is 0 Å². The Bertz CT molecular complexity index is 296. The van der Waals surface area contributed by atoms with Crippen LogP contribution in [0.15, 0.2) is 24.3 Å². The van der Waals surface area contributed by atoms with Crippen LogP contribution in [0.25, 0.3) is 0 Å². The van der Waals surface area contributed by atoms with Gasteiger partial charge in [-0.1, -0.05) is 23.7 Å². The van der Waals surface area contributed by atoms with Crippen molar-refractivity contribution < 1.29 is 15.5 Å². The van der Waals surface area contributed by atoms with E-state index in [1.54, 1.807) is 0 Å². The molecule has 0 amide bonds. The highest BCUT2D eigenvalue weighted by Gasteiger charge is 2.25. The van der Waals surface area contributed by atoms with E-state index in [2.05, 4.69) is 0 Å². The van der Waals surface area contributed by atoms with Gasteiger partial charge in [0, 0.05) is 10.6 Å². The maximum atomic E-state index is 9.10. The minimum Gasteiger partial charge on any atom is -0.390 e. The van der Waals surface area contributed by atoms with Crippen molar-refractivity contribution in [1.29, 1.82) is 0 Å². The molecule has 0 heterocycles. The maximum Gasteiger partial charge on any atom is 0.140 e. The van der Waals surface area contributed by atoms with E-state index < -0.39 is 5.54 Å². The molecule has 1 rings (SSSR count). The molecule has 4 heteroatoms. The maximum absolute atomic E-state index is 9.10. The Morgan fingerprint density at radius 1 is 1.20 bits per heavy atom. The monoisotopic (exact) mass is 230 g/mol. The quantitative estimate of drug-likeness (QED) is 0.675. The third-order valence-corrected chi connectivity index (χ3v) is 2.72. The van der Waals surface area contributed by atoms with Gasteiger partial charge in [0.25, 0.3) is 0 Å². The number of aliphatic hydroxyl groups excluding tert-OH is 2. The zero-order chi connectivity index (χ0) is 11.3. The van der Waals surface area contributed by atoms with E-state index in [0.717, 1.165) is 12.1 Å². The molecule has 1 aromatic carbocycles. The summed E-state index contributed by atoms with van der Waals surface area (Å²) in [7, 11) is 0. The van der Waals surface area contributed by atoms with Crippen LogP contribution in [0.2, 0.25) is 5.02 Å². The molecule has 0 saturated carbocycles. The van der Waals surface area contributed by atoms with E-state index in [1.165, 1.54) is 0 Å². The first-order chi connectivity index (χ1) is 7.09. The summed E-state index contributed by atoms with van der Waals surface area (Å²) in [5.74, 6) is 0. The Balaban J connectivity index is 2.53. The summed E-state index contributed by atoms with van der Waals surface area (Å²) in [6.45, 7) is 2.45. The van der Waals surface area contributed by atoms with Gasteiger partial charge < -0.3 is 15.5 Å². The summed E-state index contributed by atoms with van der Waals surface area (Å²) in [6.07, 6.45) is 0. The Morgan fingerprint density at radius 3 is 2.20 bits per heavy atom. The molecule has 0 saturated heterocycles. The molecule has 0 unspecified atom stereocenters. The lowest BCUT2D eigenvalue weighted by atomic mass is 10.0. The van der Waals surface area contributed by atoms with Crippen molar-refractivity contribution in [3.63, 3.8) is 0 Å². The first-order valence-corrected chi connectivity index (χ1v) is 5.28. The molecule has 0 aliphatic carbocycles. The average Bonchev–Trinajstić information content (AvgIpc) is 2.28. The predicted molar refractivity (Wildman–Crippen MR) is 59.7 cm³/mol. The summed E-state index contributed by atoms with van der Waals surface area (Å²) >= 11 is 5.77. The fraction of sp³-hybridized carbons (Fsp3) is 0.455. The second-order valence-electron chi connectivity index (χ2n) is 4.00. The van der Waals surface area contributed by atoms with Crippen molar-refractivity contribution in [1.82, 2.24) is 0 Å². The Labute approximate surface area is 94.7 Å². The van der Waals surface area contributed by atoms with E-state index in [-0.39, 0.29) is 13.2 Å². The smallest absolute Gasteiger partial charge is 0.140 e. The molecule has 0 radical (unpaired) electrons.